The van der Waals surface area contributed by atoms with E-state index in [2.05, 4.69) is 38.1 Å². The molecule has 0 saturated heterocycles. The topological polar surface area (TPSA) is 0 Å². The van der Waals surface area contributed by atoms with Crippen LogP contribution in [0.1, 0.15) is 147 Å². The molecule has 2 aliphatic rings. The van der Waals surface area contributed by atoms with Crippen LogP contribution in [0.5, 0.6) is 0 Å². The molecule has 0 atom stereocenters. The highest BCUT2D eigenvalue weighted by molar-refractivity contribution is 5.22. The summed E-state index contributed by atoms with van der Waals surface area (Å²) >= 11 is 0. The summed E-state index contributed by atoms with van der Waals surface area (Å²) in [4.78, 5) is 0. The van der Waals surface area contributed by atoms with Crippen molar-refractivity contribution in [3.8, 4) is 0 Å². The fourth-order valence-electron chi connectivity index (χ4n) is 6.76. The smallest absolute Gasteiger partial charge is 0.0276 e. The van der Waals surface area contributed by atoms with Crippen LogP contribution in [-0.4, -0.2) is 0 Å². The molecule has 2 saturated carbocycles. The van der Waals surface area contributed by atoms with Crippen molar-refractivity contribution in [1.29, 1.82) is 0 Å². The molecule has 0 spiro atoms. The molecule has 2 aliphatic carbocycles. The van der Waals surface area contributed by atoms with Gasteiger partial charge in [-0.1, -0.05) is 147 Å². The van der Waals surface area contributed by atoms with Gasteiger partial charge in [-0.25, -0.2) is 0 Å². The maximum Gasteiger partial charge on any atom is -0.0276 e. The predicted octanol–water partition coefficient (Wildman–Crippen LogP) is 10.7. The number of hydrogen-bond donors (Lipinski definition) is 0. The van der Waals surface area contributed by atoms with Crippen molar-refractivity contribution in [2.24, 2.45) is 23.7 Å². The lowest BCUT2D eigenvalue weighted by molar-refractivity contribution is 0.209. The highest BCUT2D eigenvalue weighted by Gasteiger charge is 2.24. The second kappa shape index (κ2) is 16.0. The van der Waals surface area contributed by atoms with E-state index in [0.717, 1.165) is 23.7 Å². The largest absolute Gasteiger partial charge is 0.0654 e. The van der Waals surface area contributed by atoms with Gasteiger partial charge in [-0.15, -0.1) is 0 Å². The van der Waals surface area contributed by atoms with Gasteiger partial charge < -0.3 is 0 Å². The van der Waals surface area contributed by atoms with Crippen LogP contribution >= 0.6 is 0 Å². The number of unbranched alkanes of at least 4 members (excludes halogenated alkanes) is 5. The SMILES string of the molecule is CCCCCCCc1ccc(CCC2CCC(CCC3CCC(CCCC)CC3)CC2)cc1. The Hall–Kier alpha value is -0.780. The summed E-state index contributed by atoms with van der Waals surface area (Å²) in [5.41, 5.74) is 3.12. The second-order valence-corrected chi connectivity index (χ2v) is 12.0. The highest BCUT2D eigenvalue weighted by atomic mass is 14.3. The molecule has 0 heterocycles. The van der Waals surface area contributed by atoms with Gasteiger partial charge in [0.1, 0.15) is 0 Å². The molecule has 0 nitrogen and oxygen atoms in total. The Kier molecular flexibility index (Phi) is 13.0. The van der Waals surface area contributed by atoms with Crippen molar-refractivity contribution in [3.63, 3.8) is 0 Å². The first-order chi connectivity index (χ1) is 16.3. The number of hydrogen-bond acceptors (Lipinski definition) is 0. The van der Waals surface area contributed by atoms with Crippen molar-refractivity contribution >= 4 is 0 Å². The molecule has 0 aromatic heterocycles. The number of aryl methyl sites for hydroxylation is 2. The summed E-state index contributed by atoms with van der Waals surface area (Å²) < 4.78 is 0. The lowest BCUT2D eigenvalue weighted by Gasteiger charge is -2.32. The quantitative estimate of drug-likeness (QED) is 0.232. The molecule has 0 N–H and O–H groups in total. The van der Waals surface area contributed by atoms with E-state index < -0.39 is 0 Å². The van der Waals surface area contributed by atoms with Gasteiger partial charge in [-0.05, 0) is 60.5 Å². The van der Waals surface area contributed by atoms with E-state index in [1.165, 1.54) is 116 Å². The number of benzene rings is 1. The molecule has 1 aromatic carbocycles. The van der Waals surface area contributed by atoms with Gasteiger partial charge in [-0.2, -0.15) is 0 Å². The van der Waals surface area contributed by atoms with Crippen molar-refractivity contribution in [3.05, 3.63) is 35.4 Å². The minimum Gasteiger partial charge on any atom is -0.0654 e. The van der Waals surface area contributed by atoms with Crippen LogP contribution in [-0.2, 0) is 12.8 Å². The Labute approximate surface area is 207 Å². The monoisotopic (exact) mass is 452 g/mol. The highest BCUT2D eigenvalue weighted by Crippen LogP contribution is 2.38. The summed E-state index contributed by atoms with van der Waals surface area (Å²) in [5.74, 6) is 4.19. The van der Waals surface area contributed by atoms with E-state index in [9.17, 15) is 0 Å². The van der Waals surface area contributed by atoms with Crippen molar-refractivity contribution in [2.45, 2.75) is 149 Å². The molecule has 0 radical (unpaired) electrons. The minimum atomic E-state index is 0.994. The van der Waals surface area contributed by atoms with Crippen molar-refractivity contribution in [2.75, 3.05) is 0 Å². The number of rotatable bonds is 15. The molecule has 0 heteroatoms. The third-order valence-corrected chi connectivity index (χ3v) is 9.31. The normalized spacial score (nSPS) is 25.9. The maximum absolute atomic E-state index is 2.42. The van der Waals surface area contributed by atoms with Crippen LogP contribution in [0, 0.1) is 23.7 Å². The molecule has 0 unspecified atom stereocenters. The first kappa shape index (κ1) is 26.8. The van der Waals surface area contributed by atoms with Crippen LogP contribution in [0.3, 0.4) is 0 Å². The Morgan fingerprint density at radius 2 is 0.879 bits per heavy atom. The van der Waals surface area contributed by atoms with Gasteiger partial charge in [0.2, 0.25) is 0 Å². The summed E-state index contributed by atoms with van der Waals surface area (Å²) in [6, 6.07) is 9.65. The van der Waals surface area contributed by atoms with E-state index in [0.29, 0.717) is 0 Å². The molecule has 0 amide bonds. The Balaban J connectivity index is 1.23. The average Bonchev–Trinajstić information content (AvgIpc) is 2.87. The van der Waals surface area contributed by atoms with Crippen molar-refractivity contribution < 1.29 is 0 Å². The predicted molar refractivity (Wildman–Crippen MR) is 147 cm³/mol. The lowest BCUT2D eigenvalue weighted by Crippen LogP contribution is -2.18. The van der Waals surface area contributed by atoms with Gasteiger partial charge in [-0.3, -0.25) is 0 Å². The standard InChI is InChI=1S/C33H56/c1-3-5-7-8-9-11-29-14-18-31(19-15-29)21-23-33-26-24-32(25-27-33)22-20-30-16-12-28(13-17-30)10-6-4-2/h14-15,18-19,28,30,32-33H,3-13,16-17,20-27H2,1-2H3. The van der Waals surface area contributed by atoms with Crippen LogP contribution in [0.4, 0.5) is 0 Å². The molecule has 2 fully saturated rings. The van der Waals surface area contributed by atoms with E-state index in [4.69, 9.17) is 0 Å². The summed E-state index contributed by atoms with van der Waals surface area (Å²) in [6.45, 7) is 4.64. The molecular weight excluding hydrogens is 396 g/mol. The summed E-state index contributed by atoms with van der Waals surface area (Å²) in [5, 5.41) is 0. The Bertz CT molecular complexity index is 583. The molecule has 3 rings (SSSR count). The molecule has 33 heavy (non-hydrogen) atoms. The Morgan fingerprint density at radius 1 is 0.455 bits per heavy atom. The summed E-state index contributed by atoms with van der Waals surface area (Å²) in [6.07, 6.45) is 30.6. The van der Waals surface area contributed by atoms with Crippen LogP contribution in [0.15, 0.2) is 24.3 Å². The molecule has 0 bridgehead atoms. The third-order valence-electron chi connectivity index (χ3n) is 9.31. The fraction of sp³-hybridized carbons (Fsp3) is 0.818. The fourth-order valence-corrected chi connectivity index (χ4v) is 6.76. The maximum atomic E-state index is 2.42. The lowest BCUT2D eigenvalue weighted by atomic mass is 9.74. The molecule has 188 valence electrons. The second-order valence-electron chi connectivity index (χ2n) is 12.0. The molecule has 0 aliphatic heterocycles. The van der Waals surface area contributed by atoms with Gasteiger partial charge in [0.15, 0.2) is 0 Å². The zero-order valence-corrected chi connectivity index (χ0v) is 22.5. The van der Waals surface area contributed by atoms with Crippen LogP contribution in [0.2, 0.25) is 0 Å². The summed E-state index contributed by atoms with van der Waals surface area (Å²) in [7, 11) is 0. The van der Waals surface area contributed by atoms with E-state index in [1.807, 2.05) is 0 Å². The first-order valence-electron chi connectivity index (χ1n) is 15.3. The van der Waals surface area contributed by atoms with Gasteiger partial charge in [0, 0.05) is 0 Å². The zero-order chi connectivity index (χ0) is 23.1. The van der Waals surface area contributed by atoms with E-state index in [-0.39, 0.29) is 0 Å². The Morgan fingerprint density at radius 3 is 1.39 bits per heavy atom. The van der Waals surface area contributed by atoms with Crippen LogP contribution in [0.25, 0.3) is 0 Å². The first-order valence-corrected chi connectivity index (χ1v) is 15.3. The van der Waals surface area contributed by atoms with Gasteiger partial charge >= 0.3 is 0 Å². The molecular formula is C33H56. The zero-order valence-electron chi connectivity index (χ0n) is 22.5. The van der Waals surface area contributed by atoms with Crippen molar-refractivity contribution in [1.82, 2.24) is 0 Å². The van der Waals surface area contributed by atoms with E-state index in [1.54, 1.807) is 30.4 Å². The van der Waals surface area contributed by atoms with Gasteiger partial charge in [0.25, 0.3) is 0 Å². The average molecular weight is 453 g/mol. The third kappa shape index (κ3) is 10.6. The van der Waals surface area contributed by atoms with E-state index >= 15 is 0 Å². The van der Waals surface area contributed by atoms with Crippen LogP contribution < -0.4 is 0 Å². The van der Waals surface area contributed by atoms with Gasteiger partial charge in [0.05, 0.1) is 0 Å². The minimum absolute atomic E-state index is 0.994. The molecule has 1 aromatic rings.